The number of benzene rings is 3. The minimum Gasteiger partial charge on any atom is -0.357 e. The fraction of sp³-hybridized carbons (Fsp3) is 0.231. The first-order valence-corrected chi connectivity index (χ1v) is 14.1. The molecule has 1 atom stereocenters. The van der Waals surface area contributed by atoms with E-state index < -0.39 is 56.9 Å². The molecular weight excluding hydrogens is 614 g/mol. The van der Waals surface area contributed by atoms with E-state index in [2.05, 4.69) is 5.32 Å². The summed E-state index contributed by atoms with van der Waals surface area (Å²) in [6.45, 7) is 0.153. The minimum absolute atomic E-state index is 0.190. The Hall–Kier alpha value is -2.99. The van der Waals surface area contributed by atoms with E-state index in [1.165, 1.54) is 50.4 Å². The van der Waals surface area contributed by atoms with Crippen molar-refractivity contribution in [1.82, 2.24) is 10.2 Å². The Kier molecular flexibility index (Phi) is 9.99. The molecule has 7 nitrogen and oxygen atoms in total. The molecule has 3 aromatic rings. The van der Waals surface area contributed by atoms with Crippen LogP contribution >= 0.6 is 34.8 Å². The number of hydrogen-bond acceptors (Lipinski definition) is 4. The second-order valence-electron chi connectivity index (χ2n) is 8.50. The van der Waals surface area contributed by atoms with Gasteiger partial charge in [-0.25, -0.2) is 8.42 Å². The SMILES string of the molecule is CNC(=O)C(C)N(Cc1c(Cl)cccc1Cl)C(=O)CN(c1ccc(Cl)c(C(F)(F)F)c1)S(=O)(=O)c1ccccc1. The van der Waals surface area contributed by atoms with Gasteiger partial charge in [0, 0.05) is 29.2 Å². The molecule has 0 heterocycles. The topological polar surface area (TPSA) is 86.8 Å². The summed E-state index contributed by atoms with van der Waals surface area (Å²) in [5, 5.41) is 2.15. The number of carbonyl (C=O) groups excluding carboxylic acids is 2. The standard InChI is InChI=1S/C26H23Cl3F3N3O4S/c1-16(25(37)33-2)34(14-19-21(27)9-6-10-22(19)28)24(36)15-35(40(38,39)18-7-4-3-5-8-18)17-11-12-23(29)20(13-17)26(30,31)32/h3-13,16H,14-15H2,1-2H3,(H,33,37). The van der Waals surface area contributed by atoms with Crippen LogP contribution in [0.1, 0.15) is 18.1 Å². The summed E-state index contributed by atoms with van der Waals surface area (Å²) in [6.07, 6.45) is -4.90. The Morgan fingerprint density at radius 3 is 2.08 bits per heavy atom. The average molecular weight is 637 g/mol. The van der Waals surface area contributed by atoms with Crippen LogP contribution < -0.4 is 9.62 Å². The van der Waals surface area contributed by atoms with Gasteiger partial charge in [-0.2, -0.15) is 13.2 Å². The number of alkyl halides is 3. The van der Waals surface area contributed by atoms with Crippen LogP contribution in [0.25, 0.3) is 0 Å². The first-order valence-electron chi connectivity index (χ1n) is 11.6. The van der Waals surface area contributed by atoms with Gasteiger partial charge in [-0.3, -0.25) is 13.9 Å². The number of sulfonamides is 1. The lowest BCUT2D eigenvalue weighted by atomic mass is 10.1. The largest absolute Gasteiger partial charge is 0.417 e. The first-order chi connectivity index (χ1) is 18.7. The fourth-order valence-corrected chi connectivity index (χ4v) is 5.95. The van der Waals surface area contributed by atoms with E-state index in [4.69, 9.17) is 34.8 Å². The van der Waals surface area contributed by atoms with Gasteiger partial charge >= 0.3 is 6.18 Å². The van der Waals surface area contributed by atoms with Crippen LogP contribution in [0.5, 0.6) is 0 Å². The number of hydrogen-bond donors (Lipinski definition) is 1. The molecule has 0 aliphatic heterocycles. The molecule has 0 saturated heterocycles. The van der Waals surface area contributed by atoms with E-state index >= 15 is 0 Å². The van der Waals surface area contributed by atoms with Crippen LogP contribution in [-0.4, -0.2) is 44.8 Å². The number of likely N-dealkylation sites (N-methyl/N-ethyl adjacent to an activating group) is 1. The highest BCUT2D eigenvalue weighted by Gasteiger charge is 2.37. The van der Waals surface area contributed by atoms with E-state index in [1.807, 2.05) is 0 Å². The number of carbonyl (C=O) groups is 2. The number of halogens is 6. The summed E-state index contributed by atoms with van der Waals surface area (Å²) >= 11 is 18.3. The number of rotatable bonds is 9. The number of amides is 2. The zero-order valence-corrected chi connectivity index (χ0v) is 24.1. The van der Waals surface area contributed by atoms with Crippen molar-refractivity contribution in [1.29, 1.82) is 0 Å². The second kappa shape index (κ2) is 12.7. The van der Waals surface area contributed by atoms with Crippen molar-refractivity contribution in [3.8, 4) is 0 Å². The number of anilines is 1. The van der Waals surface area contributed by atoms with E-state index in [0.29, 0.717) is 15.9 Å². The lowest BCUT2D eigenvalue weighted by molar-refractivity contribution is -0.139. The third-order valence-electron chi connectivity index (χ3n) is 5.96. The van der Waals surface area contributed by atoms with Crippen LogP contribution in [0.3, 0.4) is 0 Å². The molecule has 0 aliphatic carbocycles. The normalized spacial score (nSPS) is 12.5. The second-order valence-corrected chi connectivity index (χ2v) is 11.6. The molecule has 0 bridgehead atoms. The van der Waals surface area contributed by atoms with Gasteiger partial charge in [-0.15, -0.1) is 0 Å². The maximum absolute atomic E-state index is 13.7. The molecule has 0 fully saturated rings. The van der Waals surface area contributed by atoms with Gasteiger partial charge in [0.25, 0.3) is 10.0 Å². The van der Waals surface area contributed by atoms with Crippen molar-refractivity contribution in [3.05, 3.63) is 92.9 Å². The predicted octanol–water partition coefficient (Wildman–Crippen LogP) is 6.02. The maximum atomic E-state index is 13.7. The van der Waals surface area contributed by atoms with Crippen molar-refractivity contribution in [2.75, 3.05) is 17.9 Å². The van der Waals surface area contributed by atoms with E-state index in [0.717, 1.165) is 17.0 Å². The highest BCUT2D eigenvalue weighted by atomic mass is 35.5. The van der Waals surface area contributed by atoms with Crippen LogP contribution in [0.2, 0.25) is 15.1 Å². The molecule has 1 N–H and O–H groups in total. The van der Waals surface area contributed by atoms with Crippen molar-refractivity contribution >= 4 is 62.3 Å². The van der Waals surface area contributed by atoms with Crippen molar-refractivity contribution < 1.29 is 31.2 Å². The summed E-state index contributed by atoms with van der Waals surface area (Å²) in [7, 11) is -3.23. The number of nitrogens with one attached hydrogen (secondary N) is 1. The molecule has 0 radical (unpaired) electrons. The van der Waals surface area contributed by atoms with Gasteiger partial charge in [0.15, 0.2) is 0 Å². The van der Waals surface area contributed by atoms with Crippen LogP contribution in [0.4, 0.5) is 18.9 Å². The van der Waals surface area contributed by atoms with Gasteiger partial charge in [-0.1, -0.05) is 59.1 Å². The van der Waals surface area contributed by atoms with Gasteiger partial charge in [0.1, 0.15) is 12.6 Å². The van der Waals surface area contributed by atoms with Gasteiger partial charge < -0.3 is 10.2 Å². The quantitative estimate of drug-likeness (QED) is 0.311. The molecule has 40 heavy (non-hydrogen) atoms. The Labute approximate surface area is 244 Å². The smallest absolute Gasteiger partial charge is 0.357 e. The summed E-state index contributed by atoms with van der Waals surface area (Å²) in [6, 6.07) is 12.9. The Bertz CT molecular complexity index is 1490. The molecule has 0 aromatic heterocycles. The Morgan fingerprint density at radius 2 is 1.52 bits per heavy atom. The van der Waals surface area contributed by atoms with Crippen molar-refractivity contribution in [2.45, 2.75) is 30.6 Å². The van der Waals surface area contributed by atoms with E-state index in [9.17, 15) is 31.2 Å². The highest BCUT2D eigenvalue weighted by molar-refractivity contribution is 7.92. The molecule has 0 aliphatic rings. The van der Waals surface area contributed by atoms with E-state index in [1.54, 1.807) is 12.1 Å². The summed E-state index contributed by atoms with van der Waals surface area (Å²) in [5.74, 6) is -1.49. The number of nitrogens with zero attached hydrogens (tertiary/aromatic N) is 2. The van der Waals surface area contributed by atoms with Crippen molar-refractivity contribution in [2.24, 2.45) is 0 Å². The predicted molar refractivity (Wildman–Crippen MR) is 148 cm³/mol. The fourth-order valence-electron chi connectivity index (χ4n) is 3.78. The van der Waals surface area contributed by atoms with Gasteiger partial charge in [0.2, 0.25) is 11.8 Å². The first kappa shape index (κ1) is 31.5. The third kappa shape index (κ3) is 7.01. The zero-order valence-electron chi connectivity index (χ0n) is 21.0. The summed E-state index contributed by atoms with van der Waals surface area (Å²) in [4.78, 5) is 27.1. The molecule has 0 saturated carbocycles. The van der Waals surface area contributed by atoms with Crippen LogP contribution in [0.15, 0.2) is 71.6 Å². The Balaban J connectivity index is 2.15. The Morgan fingerprint density at radius 1 is 0.925 bits per heavy atom. The molecule has 0 spiro atoms. The molecule has 3 rings (SSSR count). The highest BCUT2D eigenvalue weighted by Crippen LogP contribution is 2.38. The van der Waals surface area contributed by atoms with E-state index in [-0.39, 0.29) is 21.5 Å². The van der Waals surface area contributed by atoms with Crippen LogP contribution in [0, 0.1) is 0 Å². The molecule has 3 aromatic carbocycles. The summed E-state index contributed by atoms with van der Waals surface area (Å²) < 4.78 is 68.9. The molecular formula is C26H23Cl3F3N3O4S. The lowest BCUT2D eigenvalue weighted by Gasteiger charge is -2.32. The van der Waals surface area contributed by atoms with Gasteiger partial charge in [0.05, 0.1) is 21.2 Å². The average Bonchev–Trinajstić information content (AvgIpc) is 2.90. The van der Waals surface area contributed by atoms with Crippen molar-refractivity contribution in [3.63, 3.8) is 0 Å². The minimum atomic E-state index is -4.90. The van der Waals surface area contributed by atoms with Crippen LogP contribution in [-0.2, 0) is 32.3 Å². The lowest BCUT2D eigenvalue weighted by Crippen LogP contribution is -2.50. The molecule has 2 amide bonds. The monoisotopic (exact) mass is 635 g/mol. The molecule has 14 heteroatoms. The third-order valence-corrected chi connectivity index (χ3v) is 8.78. The zero-order chi connectivity index (χ0) is 29.8. The maximum Gasteiger partial charge on any atom is 0.417 e. The summed E-state index contributed by atoms with van der Waals surface area (Å²) in [5.41, 5.74) is -1.46. The van der Waals surface area contributed by atoms with Gasteiger partial charge in [-0.05, 0) is 49.4 Å². The molecule has 214 valence electrons. The molecule has 1 unspecified atom stereocenters.